The van der Waals surface area contributed by atoms with Crippen LogP contribution in [0.5, 0.6) is 0 Å². The van der Waals surface area contributed by atoms with Gasteiger partial charge in [-0.25, -0.2) is 0 Å². The monoisotopic (exact) mass is 164 g/mol. The van der Waals surface area contributed by atoms with Crippen molar-refractivity contribution in [2.75, 3.05) is 0 Å². The zero-order valence-corrected chi connectivity index (χ0v) is 7.78. The summed E-state index contributed by atoms with van der Waals surface area (Å²) in [6.45, 7) is 5.84. The second-order valence-corrected chi connectivity index (χ2v) is 3.51. The highest BCUT2D eigenvalue weighted by Crippen LogP contribution is 2.23. The maximum Gasteiger partial charge on any atom is 0.0782 e. The Balaban J connectivity index is 3.82. The van der Waals surface area contributed by atoms with E-state index in [-0.39, 0.29) is 5.38 Å². The first-order valence-corrected chi connectivity index (χ1v) is 4.34. The van der Waals surface area contributed by atoms with Crippen LogP contribution in [0.15, 0.2) is 0 Å². The number of hydrogen-bond acceptors (Lipinski definition) is 1. The highest BCUT2D eigenvalue weighted by Gasteiger charge is 2.27. The molecule has 0 aromatic carbocycles. The Labute approximate surface area is 68.4 Å². The van der Waals surface area contributed by atoms with Crippen molar-refractivity contribution in [3.63, 3.8) is 0 Å². The zero-order valence-electron chi connectivity index (χ0n) is 7.02. The molecule has 0 aromatic heterocycles. The van der Waals surface area contributed by atoms with Gasteiger partial charge in [-0.2, -0.15) is 0 Å². The van der Waals surface area contributed by atoms with Crippen LogP contribution >= 0.6 is 11.6 Å². The van der Waals surface area contributed by atoms with Gasteiger partial charge < -0.3 is 5.11 Å². The smallest absolute Gasteiger partial charge is 0.0782 e. The summed E-state index contributed by atoms with van der Waals surface area (Å²) < 4.78 is 0. The summed E-state index contributed by atoms with van der Waals surface area (Å²) in [6.07, 6.45) is 2.60. The molecule has 0 rings (SSSR count). The van der Waals surface area contributed by atoms with Crippen LogP contribution in [0.3, 0.4) is 0 Å². The van der Waals surface area contributed by atoms with Crippen LogP contribution in [0.4, 0.5) is 0 Å². The molecule has 62 valence electrons. The quantitative estimate of drug-likeness (QED) is 0.634. The van der Waals surface area contributed by atoms with E-state index in [9.17, 15) is 5.11 Å². The molecule has 0 aliphatic heterocycles. The lowest BCUT2D eigenvalue weighted by molar-refractivity contribution is 0.0446. The van der Waals surface area contributed by atoms with Crippen molar-refractivity contribution < 1.29 is 5.11 Å². The summed E-state index contributed by atoms with van der Waals surface area (Å²) >= 11 is 5.89. The molecule has 0 spiro atoms. The minimum Gasteiger partial charge on any atom is -0.389 e. The summed E-state index contributed by atoms with van der Waals surface area (Å²) in [5.74, 6) is 0. The Bertz CT molecular complexity index is 91.3. The highest BCUT2D eigenvalue weighted by molar-refractivity contribution is 6.21. The molecule has 0 aromatic rings. The lowest BCUT2D eigenvalue weighted by atomic mass is 9.95. The molecule has 0 heterocycles. The Morgan fingerprint density at radius 3 is 2.30 bits per heavy atom. The zero-order chi connectivity index (χ0) is 8.20. The average Bonchev–Trinajstić information content (AvgIpc) is 1.86. The van der Waals surface area contributed by atoms with Gasteiger partial charge in [0.05, 0.1) is 11.0 Å². The summed E-state index contributed by atoms with van der Waals surface area (Å²) in [6, 6.07) is 0. The first-order chi connectivity index (χ1) is 4.54. The van der Waals surface area contributed by atoms with Crippen molar-refractivity contribution in [1.29, 1.82) is 0 Å². The Kier molecular flexibility index (Phi) is 4.30. The predicted octanol–water partition coefficient (Wildman–Crippen LogP) is 2.55. The van der Waals surface area contributed by atoms with Crippen molar-refractivity contribution in [3.8, 4) is 0 Å². The van der Waals surface area contributed by atoms with Gasteiger partial charge in [0.1, 0.15) is 0 Å². The first-order valence-electron chi connectivity index (χ1n) is 3.91. The number of rotatable bonds is 4. The lowest BCUT2D eigenvalue weighted by Gasteiger charge is -2.27. The van der Waals surface area contributed by atoms with E-state index < -0.39 is 5.60 Å². The van der Waals surface area contributed by atoms with Gasteiger partial charge in [-0.1, -0.05) is 20.3 Å². The molecule has 0 radical (unpaired) electrons. The molecule has 0 saturated carbocycles. The average molecular weight is 165 g/mol. The molecular formula is C8H17ClO. The standard InChI is InChI=1S/C8H17ClO/c1-4-6-8(3,10)7(9)5-2/h7,10H,4-6H2,1-3H3. The van der Waals surface area contributed by atoms with Crippen LogP contribution in [-0.2, 0) is 0 Å². The second-order valence-electron chi connectivity index (χ2n) is 2.98. The van der Waals surface area contributed by atoms with Crippen molar-refractivity contribution >= 4 is 11.6 Å². The van der Waals surface area contributed by atoms with Crippen molar-refractivity contribution in [1.82, 2.24) is 0 Å². The van der Waals surface area contributed by atoms with Gasteiger partial charge in [-0.05, 0) is 19.8 Å². The van der Waals surface area contributed by atoms with Crippen LogP contribution in [0.25, 0.3) is 0 Å². The fourth-order valence-electron chi connectivity index (χ4n) is 1.10. The topological polar surface area (TPSA) is 20.2 Å². The largest absolute Gasteiger partial charge is 0.389 e. The Morgan fingerprint density at radius 1 is 1.50 bits per heavy atom. The predicted molar refractivity (Wildman–Crippen MR) is 45.5 cm³/mol. The molecule has 1 N–H and O–H groups in total. The third-order valence-electron chi connectivity index (χ3n) is 1.79. The van der Waals surface area contributed by atoms with E-state index in [4.69, 9.17) is 11.6 Å². The number of aliphatic hydroxyl groups is 1. The van der Waals surface area contributed by atoms with E-state index in [0.717, 1.165) is 19.3 Å². The van der Waals surface area contributed by atoms with E-state index in [2.05, 4.69) is 0 Å². The molecule has 2 unspecified atom stereocenters. The second kappa shape index (κ2) is 4.20. The minimum atomic E-state index is -0.676. The molecule has 2 heteroatoms. The molecule has 0 aliphatic carbocycles. The number of hydrogen-bond donors (Lipinski definition) is 1. The van der Waals surface area contributed by atoms with E-state index in [1.807, 2.05) is 13.8 Å². The fourth-order valence-corrected chi connectivity index (χ4v) is 1.21. The summed E-state index contributed by atoms with van der Waals surface area (Å²) in [7, 11) is 0. The molecule has 10 heavy (non-hydrogen) atoms. The SMILES string of the molecule is CCCC(C)(O)C(Cl)CC. The van der Waals surface area contributed by atoms with Crippen molar-refractivity contribution in [3.05, 3.63) is 0 Å². The van der Waals surface area contributed by atoms with Crippen LogP contribution in [0.2, 0.25) is 0 Å². The van der Waals surface area contributed by atoms with Gasteiger partial charge in [0, 0.05) is 0 Å². The summed E-state index contributed by atoms with van der Waals surface area (Å²) in [4.78, 5) is 0. The van der Waals surface area contributed by atoms with Crippen molar-refractivity contribution in [2.45, 2.75) is 51.0 Å². The van der Waals surface area contributed by atoms with Crippen LogP contribution in [0, 0.1) is 0 Å². The van der Waals surface area contributed by atoms with Crippen LogP contribution in [-0.4, -0.2) is 16.1 Å². The number of halogens is 1. The van der Waals surface area contributed by atoms with E-state index in [1.165, 1.54) is 0 Å². The molecule has 0 aliphatic rings. The molecular weight excluding hydrogens is 148 g/mol. The maximum absolute atomic E-state index is 9.65. The van der Waals surface area contributed by atoms with Crippen molar-refractivity contribution in [2.24, 2.45) is 0 Å². The van der Waals surface area contributed by atoms with E-state index in [1.54, 1.807) is 6.92 Å². The normalized spacial score (nSPS) is 20.1. The third-order valence-corrected chi connectivity index (χ3v) is 2.57. The molecule has 0 bridgehead atoms. The first kappa shape index (κ1) is 10.2. The van der Waals surface area contributed by atoms with Crippen LogP contribution in [0.1, 0.15) is 40.0 Å². The molecule has 0 amide bonds. The molecule has 0 saturated heterocycles. The Hall–Kier alpha value is 0.250. The van der Waals surface area contributed by atoms with Gasteiger partial charge in [0.25, 0.3) is 0 Å². The van der Waals surface area contributed by atoms with E-state index in [0.29, 0.717) is 0 Å². The summed E-state index contributed by atoms with van der Waals surface area (Å²) in [5, 5.41) is 9.55. The number of alkyl halides is 1. The van der Waals surface area contributed by atoms with Gasteiger partial charge >= 0.3 is 0 Å². The van der Waals surface area contributed by atoms with Gasteiger partial charge in [-0.3, -0.25) is 0 Å². The Morgan fingerprint density at radius 2 is 2.00 bits per heavy atom. The lowest BCUT2D eigenvalue weighted by Crippen LogP contribution is -2.34. The van der Waals surface area contributed by atoms with Crippen LogP contribution < -0.4 is 0 Å². The molecule has 0 fully saturated rings. The van der Waals surface area contributed by atoms with Gasteiger partial charge in [-0.15, -0.1) is 11.6 Å². The fraction of sp³-hybridized carbons (Fsp3) is 1.00. The van der Waals surface area contributed by atoms with Gasteiger partial charge in [0.15, 0.2) is 0 Å². The maximum atomic E-state index is 9.65. The molecule has 1 nitrogen and oxygen atoms in total. The third kappa shape index (κ3) is 2.89. The minimum absolute atomic E-state index is 0.104. The summed E-state index contributed by atoms with van der Waals surface area (Å²) in [5.41, 5.74) is -0.676. The van der Waals surface area contributed by atoms with Gasteiger partial charge in [0.2, 0.25) is 0 Å². The van der Waals surface area contributed by atoms with E-state index >= 15 is 0 Å². The highest BCUT2D eigenvalue weighted by atomic mass is 35.5. The molecule has 2 atom stereocenters.